The predicted molar refractivity (Wildman–Crippen MR) is 57.1 cm³/mol. The third-order valence-electron chi connectivity index (χ3n) is 1.51. The molecule has 0 aromatic carbocycles. The third-order valence-corrected chi connectivity index (χ3v) is 3.49. The Morgan fingerprint density at radius 1 is 1.54 bits per heavy atom. The van der Waals surface area contributed by atoms with Gasteiger partial charge in [-0.1, -0.05) is 5.16 Å². The zero-order valence-electron chi connectivity index (χ0n) is 6.46. The first-order valence-corrected chi connectivity index (χ1v) is 5.76. The highest BCUT2D eigenvalue weighted by Gasteiger charge is 2.07. The van der Waals surface area contributed by atoms with Crippen molar-refractivity contribution < 1.29 is 4.52 Å². The largest absolute Gasteiger partial charge is 0.355 e. The van der Waals surface area contributed by atoms with Crippen LogP contribution in [0.2, 0.25) is 0 Å². The summed E-state index contributed by atoms with van der Waals surface area (Å²) < 4.78 is 6.16. The number of hydrogen-bond acceptors (Lipinski definition) is 3. The Kier molecular flexibility index (Phi) is 2.71. The molecule has 68 valence electrons. The van der Waals surface area contributed by atoms with Gasteiger partial charge in [-0.3, -0.25) is 0 Å². The van der Waals surface area contributed by atoms with Crippen LogP contribution in [0.4, 0.5) is 0 Å². The average molecular weight is 279 g/mol. The summed E-state index contributed by atoms with van der Waals surface area (Å²) in [5.41, 5.74) is 0.765. The molecular formula is C8H5BrClNOS. The monoisotopic (exact) mass is 277 g/mol. The van der Waals surface area contributed by atoms with E-state index in [1.165, 1.54) is 0 Å². The van der Waals surface area contributed by atoms with Crippen molar-refractivity contribution in [1.82, 2.24) is 5.16 Å². The van der Waals surface area contributed by atoms with E-state index in [-0.39, 0.29) is 0 Å². The van der Waals surface area contributed by atoms with E-state index in [2.05, 4.69) is 21.1 Å². The second-order valence-corrected chi connectivity index (χ2v) is 4.54. The first-order chi connectivity index (χ1) is 6.29. The molecule has 2 rings (SSSR count). The molecule has 2 aromatic rings. The molecule has 2 aromatic heterocycles. The van der Waals surface area contributed by atoms with Crippen LogP contribution >= 0.6 is 38.9 Å². The summed E-state index contributed by atoms with van der Waals surface area (Å²) in [6.07, 6.45) is 0. The highest BCUT2D eigenvalue weighted by Crippen LogP contribution is 2.30. The molecule has 5 heteroatoms. The minimum absolute atomic E-state index is 0.385. The SMILES string of the molecule is ClCc1cc(-c2cc(Br)cs2)on1. The Bertz CT molecular complexity index is 412. The molecule has 0 amide bonds. The molecule has 13 heavy (non-hydrogen) atoms. The number of alkyl halides is 1. The maximum Gasteiger partial charge on any atom is 0.177 e. The average Bonchev–Trinajstić information content (AvgIpc) is 2.71. The first-order valence-electron chi connectivity index (χ1n) is 3.55. The second-order valence-electron chi connectivity index (χ2n) is 2.45. The van der Waals surface area contributed by atoms with E-state index in [0.717, 1.165) is 20.8 Å². The Morgan fingerprint density at radius 3 is 2.92 bits per heavy atom. The summed E-state index contributed by atoms with van der Waals surface area (Å²) >= 11 is 10.6. The molecule has 0 fully saturated rings. The molecule has 2 heterocycles. The molecule has 0 saturated heterocycles. The van der Waals surface area contributed by atoms with Crippen LogP contribution in [-0.2, 0) is 5.88 Å². The predicted octanol–water partition coefficient (Wildman–Crippen LogP) is 3.90. The third kappa shape index (κ3) is 1.95. The molecule has 0 unspecified atom stereocenters. The fraction of sp³-hybridized carbons (Fsp3) is 0.125. The zero-order valence-corrected chi connectivity index (χ0v) is 9.62. The van der Waals surface area contributed by atoms with Crippen LogP contribution in [0.1, 0.15) is 5.69 Å². The van der Waals surface area contributed by atoms with Gasteiger partial charge in [-0.05, 0) is 22.0 Å². The van der Waals surface area contributed by atoms with Crippen molar-refractivity contribution in [1.29, 1.82) is 0 Å². The molecule has 0 aliphatic rings. The molecule has 0 spiro atoms. The van der Waals surface area contributed by atoms with E-state index in [1.54, 1.807) is 11.3 Å². The zero-order chi connectivity index (χ0) is 9.26. The van der Waals surface area contributed by atoms with E-state index in [4.69, 9.17) is 16.1 Å². The van der Waals surface area contributed by atoms with Crippen LogP contribution in [0.25, 0.3) is 10.6 Å². The van der Waals surface area contributed by atoms with Crippen molar-refractivity contribution in [2.45, 2.75) is 5.88 Å². The van der Waals surface area contributed by atoms with E-state index >= 15 is 0 Å². The molecular weight excluding hydrogens is 274 g/mol. The quantitative estimate of drug-likeness (QED) is 0.779. The second kappa shape index (κ2) is 3.82. The number of halogens is 2. The van der Waals surface area contributed by atoms with Crippen molar-refractivity contribution >= 4 is 38.9 Å². The maximum atomic E-state index is 5.60. The van der Waals surface area contributed by atoms with Gasteiger partial charge in [0.1, 0.15) is 0 Å². The smallest absolute Gasteiger partial charge is 0.177 e. The summed E-state index contributed by atoms with van der Waals surface area (Å²) in [7, 11) is 0. The van der Waals surface area contributed by atoms with Crippen LogP contribution in [0.3, 0.4) is 0 Å². The Labute approximate surface area is 92.6 Å². The van der Waals surface area contributed by atoms with Gasteiger partial charge in [-0.15, -0.1) is 22.9 Å². The Morgan fingerprint density at radius 2 is 2.38 bits per heavy atom. The summed E-state index contributed by atoms with van der Waals surface area (Å²) in [4.78, 5) is 1.05. The molecule has 0 aliphatic carbocycles. The fourth-order valence-electron chi connectivity index (χ4n) is 0.933. The molecule has 0 atom stereocenters. The van der Waals surface area contributed by atoms with Crippen LogP contribution in [-0.4, -0.2) is 5.16 Å². The molecule has 0 radical (unpaired) electrons. The number of hydrogen-bond donors (Lipinski definition) is 0. The minimum atomic E-state index is 0.385. The number of thiophene rings is 1. The van der Waals surface area contributed by atoms with Crippen molar-refractivity contribution in [2.75, 3.05) is 0 Å². The van der Waals surface area contributed by atoms with Gasteiger partial charge in [-0.25, -0.2) is 0 Å². The maximum absolute atomic E-state index is 5.60. The summed E-state index contributed by atoms with van der Waals surface area (Å²) in [6.45, 7) is 0. The van der Waals surface area contributed by atoms with Gasteiger partial charge in [0, 0.05) is 15.9 Å². The standard InChI is InChI=1S/C8H5BrClNOS/c9-5-1-8(13-4-5)7-2-6(3-10)11-12-7/h1-2,4H,3H2. The van der Waals surface area contributed by atoms with E-state index in [1.807, 2.05) is 17.5 Å². The minimum Gasteiger partial charge on any atom is -0.355 e. The van der Waals surface area contributed by atoms with Crippen molar-refractivity contribution in [3.8, 4) is 10.6 Å². The lowest BCUT2D eigenvalue weighted by Gasteiger charge is -1.83. The topological polar surface area (TPSA) is 26.0 Å². The van der Waals surface area contributed by atoms with Crippen LogP contribution in [0, 0.1) is 0 Å². The number of nitrogens with zero attached hydrogens (tertiary/aromatic N) is 1. The Balaban J connectivity index is 2.35. The van der Waals surface area contributed by atoms with Gasteiger partial charge in [0.15, 0.2) is 5.76 Å². The van der Waals surface area contributed by atoms with Gasteiger partial charge in [0.2, 0.25) is 0 Å². The number of aromatic nitrogens is 1. The van der Waals surface area contributed by atoms with Crippen molar-refractivity contribution in [3.05, 3.63) is 27.7 Å². The normalized spacial score (nSPS) is 10.6. The van der Waals surface area contributed by atoms with Gasteiger partial charge >= 0.3 is 0 Å². The summed E-state index contributed by atoms with van der Waals surface area (Å²) in [5.74, 6) is 1.15. The number of rotatable bonds is 2. The molecule has 0 saturated carbocycles. The van der Waals surface area contributed by atoms with E-state index in [9.17, 15) is 0 Å². The van der Waals surface area contributed by atoms with Gasteiger partial charge in [0.05, 0.1) is 16.5 Å². The van der Waals surface area contributed by atoms with Crippen molar-refractivity contribution in [2.24, 2.45) is 0 Å². The Hall–Kier alpha value is -0.320. The highest BCUT2D eigenvalue weighted by atomic mass is 79.9. The lowest BCUT2D eigenvalue weighted by atomic mass is 10.3. The summed E-state index contributed by atoms with van der Waals surface area (Å²) in [6, 6.07) is 3.84. The van der Waals surface area contributed by atoms with Gasteiger partial charge in [0.25, 0.3) is 0 Å². The fourth-order valence-corrected chi connectivity index (χ4v) is 2.43. The van der Waals surface area contributed by atoms with Gasteiger partial charge in [-0.2, -0.15) is 0 Å². The van der Waals surface area contributed by atoms with E-state index in [0.29, 0.717) is 5.88 Å². The first kappa shape index (κ1) is 9.24. The lowest BCUT2D eigenvalue weighted by molar-refractivity contribution is 0.427. The summed E-state index contributed by atoms with van der Waals surface area (Å²) in [5, 5.41) is 5.80. The van der Waals surface area contributed by atoms with Gasteiger partial charge < -0.3 is 4.52 Å². The molecule has 2 nitrogen and oxygen atoms in total. The molecule has 0 N–H and O–H groups in total. The van der Waals surface area contributed by atoms with Crippen LogP contribution < -0.4 is 0 Å². The molecule has 0 bridgehead atoms. The van der Waals surface area contributed by atoms with Crippen molar-refractivity contribution in [3.63, 3.8) is 0 Å². The van der Waals surface area contributed by atoms with Crippen LogP contribution in [0.15, 0.2) is 26.5 Å². The van der Waals surface area contributed by atoms with Crippen LogP contribution in [0.5, 0.6) is 0 Å². The van der Waals surface area contributed by atoms with E-state index < -0.39 is 0 Å². The highest BCUT2D eigenvalue weighted by molar-refractivity contribution is 9.10. The molecule has 0 aliphatic heterocycles. The lowest BCUT2D eigenvalue weighted by Crippen LogP contribution is -1.70.